The number of carbonyl (C=O) groups excluding carboxylic acids is 1. The summed E-state index contributed by atoms with van der Waals surface area (Å²) in [6.07, 6.45) is 3.73. The van der Waals surface area contributed by atoms with E-state index in [1.54, 1.807) is 23.4 Å². The van der Waals surface area contributed by atoms with Crippen molar-refractivity contribution in [3.63, 3.8) is 0 Å². The minimum Gasteiger partial charge on any atom is -0.353 e. The van der Waals surface area contributed by atoms with Crippen LogP contribution in [0.3, 0.4) is 0 Å². The van der Waals surface area contributed by atoms with Gasteiger partial charge in [0.25, 0.3) is 5.92 Å². The SMILES string of the molecule is CC1CCc2ncnc(N3CCN(C(=O)C(CN4CC(F)(F)C4)c4ccc(Cl)cc4)CC3)c21. The molecule has 1 aromatic carbocycles. The monoisotopic (exact) mass is 475 g/mol. The van der Waals surface area contributed by atoms with Gasteiger partial charge in [0.1, 0.15) is 12.1 Å². The van der Waals surface area contributed by atoms with E-state index in [1.165, 1.54) is 5.56 Å². The number of piperazine rings is 1. The van der Waals surface area contributed by atoms with Crippen LogP contribution in [0.1, 0.15) is 42.0 Å². The summed E-state index contributed by atoms with van der Waals surface area (Å²) in [7, 11) is 0. The number of benzene rings is 1. The molecule has 0 spiro atoms. The van der Waals surface area contributed by atoms with Crippen molar-refractivity contribution in [3.05, 3.63) is 52.4 Å². The van der Waals surface area contributed by atoms with Crippen LogP contribution >= 0.6 is 11.6 Å². The zero-order chi connectivity index (χ0) is 23.2. The Bertz CT molecular complexity index is 1020. The maximum absolute atomic E-state index is 13.5. The van der Waals surface area contributed by atoms with E-state index in [0.717, 1.165) is 29.9 Å². The van der Waals surface area contributed by atoms with Crippen LogP contribution in [0, 0.1) is 0 Å². The van der Waals surface area contributed by atoms with Crippen molar-refractivity contribution in [1.82, 2.24) is 19.8 Å². The number of hydrogen-bond donors (Lipinski definition) is 0. The molecule has 2 unspecified atom stereocenters. The number of aryl methyl sites for hydroxylation is 1. The summed E-state index contributed by atoms with van der Waals surface area (Å²) in [6.45, 7) is 4.44. The fourth-order valence-electron chi connectivity index (χ4n) is 5.25. The van der Waals surface area contributed by atoms with Crippen LogP contribution in [-0.4, -0.2) is 77.4 Å². The molecule has 2 aliphatic heterocycles. The second-order valence-corrected chi connectivity index (χ2v) is 9.88. The van der Waals surface area contributed by atoms with E-state index in [9.17, 15) is 13.6 Å². The van der Waals surface area contributed by atoms with Gasteiger partial charge in [-0.2, -0.15) is 0 Å². The summed E-state index contributed by atoms with van der Waals surface area (Å²) in [5.74, 6) is -1.73. The predicted octanol–water partition coefficient (Wildman–Crippen LogP) is 3.56. The van der Waals surface area contributed by atoms with Gasteiger partial charge >= 0.3 is 0 Å². The predicted molar refractivity (Wildman–Crippen MR) is 123 cm³/mol. The Balaban J connectivity index is 1.29. The third-order valence-electron chi connectivity index (χ3n) is 7.06. The molecule has 6 nitrogen and oxygen atoms in total. The molecule has 3 aliphatic rings. The fourth-order valence-corrected chi connectivity index (χ4v) is 5.38. The summed E-state index contributed by atoms with van der Waals surface area (Å²) in [5, 5.41) is 0.584. The molecule has 1 amide bonds. The molecular formula is C24H28ClF2N5O. The van der Waals surface area contributed by atoms with Gasteiger partial charge in [0, 0.05) is 49.0 Å². The van der Waals surface area contributed by atoms with Gasteiger partial charge in [0.15, 0.2) is 0 Å². The van der Waals surface area contributed by atoms with E-state index in [0.29, 0.717) is 37.1 Å². The number of hydrogen-bond acceptors (Lipinski definition) is 5. The van der Waals surface area contributed by atoms with Crippen LogP contribution in [0.5, 0.6) is 0 Å². The smallest absolute Gasteiger partial charge is 0.272 e. The highest BCUT2D eigenvalue weighted by Crippen LogP contribution is 2.37. The maximum atomic E-state index is 13.5. The average molecular weight is 476 g/mol. The number of amides is 1. The summed E-state index contributed by atoms with van der Waals surface area (Å²) in [6, 6.07) is 7.14. The first-order chi connectivity index (χ1) is 15.8. The van der Waals surface area contributed by atoms with Crippen molar-refractivity contribution in [1.29, 1.82) is 0 Å². The highest BCUT2D eigenvalue weighted by atomic mass is 35.5. The van der Waals surface area contributed by atoms with Crippen molar-refractivity contribution in [2.24, 2.45) is 0 Å². The molecule has 2 fully saturated rings. The quantitative estimate of drug-likeness (QED) is 0.662. The molecule has 0 bridgehead atoms. The van der Waals surface area contributed by atoms with Crippen LogP contribution < -0.4 is 4.90 Å². The normalized spacial score (nSPS) is 23.2. The van der Waals surface area contributed by atoms with E-state index in [-0.39, 0.29) is 25.5 Å². The van der Waals surface area contributed by atoms with Gasteiger partial charge in [0.05, 0.1) is 19.0 Å². The first kappa shape index (κ1) is 22.5. The Hall–Kier alpha value is -2.32. The standard InChI is InChI=1S/C24H28ClF2N5O/c1-16-2-7-20-21(16)22(29-15-28-20)31-8-10-32(11-9-31)23(33)19(12-30-13-24(26,27)14-30)17-3-5-18(25)6-4-17/h3-6,15-16,19H,2,7-14H2,1H3. The number of likely N-dealkylation sites (tertiary alicyclic amines) is 1. The van der Waals surface area contributed by atoms with Gasteiger partial charge in [0.2, 0.25) is 5.91 Å². The summed E-state index contributed by atoms with van der Waals surface area (Å²) >= 11 is 6.03. The van der Waals surface area contributed by atoms with E-state index >= 15 is 0 Å². The molecule has 9 heteroatoms. The number of anilines is 1. The second kappa shape index (κ2) is 8.80. The molecule has 1 aromatic heterocycles. The van der Waals surface area contributed by atoms with E-state index in [1.807, 2.05) is 17.0 Å². The summed E-state index contributed by atoms with van der Waals surface area (Å²) in [4.78, 5) is 28.3. The van der Waals surface area contributed by atoms with Crippen molar-refractivity contribution < 1.29 is 13.6 Å². The first-order valence-electron chi connectivity index (χ1n) is 11.5. The fraction of sp³-hybridized carbons (Fsp3) is 0.542. The maximum Gasteiger partial charge on any atom is 0.272 e. The number of carbonyl (C=O) groups is 1. The zero-order valence-electron chi connectivity index (χ0n) is 18.7. The van der Waals surface area contributed by atoms with Crippen molar-refractivity contribution >= 4 is 23.3 Å². The first-order valence-corrected chi connectivity index (χ1v) is 11.9. The van der Waals surface area contributed by atoms with Gasteiger partial charge in [-0.3, -0.25) is 9.69 Å². The van der Waals surface area contributed by atoms with Crippen LogP contribution in [0.15, 0.2) is 30.6 Å². The molecule has 2 aromatic rings. The van der Waals surface area contributed by atoms with Crippen molar-refractivity contribution in [2.45, 2.75) is 37.5 Å². The topological polar surface area (TPSA) is 52.6 Å². The third kappa shape index (κ3) is 4.55. The molecule has 2 saturated heterocycles. The lowest BCUT2D eigenvalue weighted by Crippen LogP contribution is -2.58. The Morgan fingerprint density at radius 3 is 2.52 bits per heavy atom. The molecule has 176 valence electrons. The molecule has 0 N–H and O–H groups in total. The third-order valence-corrected chi connectivity index (χ3v) is 7.32. The lowest BCUT2D eigenvalue weighted by molar-refractivity contribution is -0.144. The van der Waals surface area contributed by atoms with Crippen LogP contribution in [-0.2, 0) is 11.2 Å². The number of aromatic nitrogens is 2. The van der Waals surface area contributed by atoms with Crippen LogP contribution in [0.2, 0.25) is 5.02 Å². The van der Waals surface area contributed by atoms with Crippen LogP contribution in [0.25, 0.3) is 0 Å². The Morgan fingerprint density at radius 2 is 1.85 bits per heavy atom. The highest BCUT2D eigenvalue weighted by Gasteiger charge is 2.45. The minimum absolute atomic E-state index is 0.0199. The zero-order valence-corrected chi connectivity index (χ0v) is 19.4. The Labute approximate surface area is 197 Å². The van der Waals surface area contributed by atoms with Gasteiger partial charge in [-0.25, -0.2) is 18.7 Å². The number of nitrogens with zero attached hydrogens (tertiary/aromatic N) is 5. The number of fused-ring (bicyclic) bond motifs is 1. The molecular weight excluding hydrogens is 448 g/mol. The van der Waals surface area contributed by atoms with Crippen LogP contribution in [0.4, 0.5) is 14.6 Å². The van der Waals surface area contributed by atoms with Crippen molar-refractivity contribution in [2.75, 3.05) is 50.7 Å². The lowest BCUT2D eigenvalue weighted by atomic mass is 9.94. The molecule has 5 rings (SSSR count). The van der Waals surface area contributed by atoms with E-state index < -0.39 is 11.8 Å². The number of alkyl halides is 2. The second-order valence-electron chi connectivity index (χ2n) is 9.44. The highest BCUT2D eigenvalue weighted by molar-refractivity contribution is 6.30. The molecule has 1 aliphatic carbocycles. The molecule has 0 radical (unpaired) electrons. The van der Waals surface area contributed by atoms with Gasteiger partial charge in [-0.05, 0) is 36.5 Å². The van der Waals surface area contributed by atoms with E-state index in [4.69, 9.17) is 11.6 Å². The summed E-state index contributed by atoms with van der Waals surface area (Å²) in [5.41, 5.74) is 3.19. The van der Waals surface area contributed by atoms with Gasteiger partial charge < -0.3 is 9.80 Å². The van der Waals surface area contributed by atoms with E-state index in [2.05, 4.69) is 21.8 Å². The summed E-state index contributed by atoms with van der Waals surface area (Å²) < 4.78 is 26.8. The Morgan fingerprint density at radius 1 is 1.15 bits per heavy atom. The Kier molecular flexibility index (Phi) is 5.99. The molecule has 3 heterocycles. The average Bonchev–Trinajstić information content (AvgIpc) is 3.17. The largest absolute Gasteiger partial charge is 0.353 e. The van der Waals surface area contributed by atoms with Gasteiger partial charge in [-0.15, -0.1) is 0 Å². The minimum atomic E-state index is -2.66. The van der Waals surface area contributed by atoms with Crippen molar-refractivity contribution in [3.8, 4) is 0 Å². The number of rotatable bonds is 5. The number of halogens is 3. The van der Waals surface area contributed by atoms with Gasteiger partial charge in [-0.1, -0.05) is 30.7 Å². The lowest BCUT2D eigenvalue weighted by Gasteiger charge is -2.42. The molecule has 0 saturated carbocycles. The molecule has 2 atom stereocenters. The molecule has 33 heavy (non-hydrogen) atoms.